The van der Waals surface area contributed by atoms with Gasteiger partial charge < -0.3 is 20.4 Å². The van der Waals surface area contributed by atoms with E-state index in [0.717, 1.165) is 30.3 Å². The second-order valence-corrected chi connectivity index (χ2v) is 7.54. The van der Waals surface area contributed by atoms with E-state index in [1.807, 2.05) is 36.4 Å². The van der Waals surface area contributed by atoms with Crippen LogP contribution in [0.5, 0.6) is 0 Å². The predicted molar refractivity (Wildman–Crippen MR) is 113 cm³/mol. The van der Waals surface area contributed by atoms with E-state index in [9.17, 15) is 9.59 Å². The van der Waals surface area contributed by atoms with Gasteiger partial charge in [0.05, 0.1) is 6.42 Å². The van der Waals surface area contributed by atoms with Crippen molar-refractivity contribution < 1.29 is 14.0 Å². The van der Waals surface area contributed by atoms with E-state index in [1.165, 1.54) is 0 Å². The number of carbonyl (C=O) groups excluding carboxylic acids is 2. The van der Waals surface area contributed by atoms with E-state index >= 15 is 0 Å². The highest BCUT2D eigenvalue weighted by atomic mass is 16.3. The lowest BCUT2D eigenvalue weighted by molar-refractivity contribution is -0.121. The molecule has 1 aromatic heterocycles. The number of piperidine rings is 1. The summed E-state index contributed by atoms with van der Waals surface area (Å²) in [5.74, 6) is -0.0139. The van der Waals surface area contributed by atoms with Crippen molar-refractivity contribution in [2.24, 2.45) is 0 Å². The first-order chi connectivity index (χ1) is 14.1. The number of anilines is 1. The maximum absolute atomic E-state index is 12.4. The summed E-state index contributed by atoms with van der Waals surface area (Å²) in [6.45, 7) is 3.11. The molecular weight excluding hydrogens is 366 g/mol. The Bertz CT molecular complexity index is 977. The van der Waals surface area contributed by atoms with Crippen LogP contribution >= 0.6 is 0 Å². The lowest BCUT2D eigenvalue weighted by atomic mass is 9.99. The number of benzene rings is 2. The van der Waals surface area contributed by atoms with Gasteiger partial charge in [0, 0.05) is 23.2 Å². The number of fused-ring (bicyclic) bond motifs is 1. The van der Waals surface area contributed by atoms with Crippen LogP contribution in [0.3, 0.4) is 0 Å². The Hall–Kier alpha value is -3.12. The van der Waals surface area contributed by atoms with Crippen LogP contribution in [0.15, 0.2) is 59.0 Å². The Morgan fingerprint density at radius 3 is 2.69 bits per heavy atom. The average Bonchev–Trinajstić information content (AvgIpc) is 3.16. The number of rotatable bonds is 5. The molecule has 0 saturated carbocycles. The monoisotopic (exact) mass is 391 g/mol. The maximum atomic E-state index is 12.4. The van der Waals surface area contributed by atoms with Crippen LogP contribution in [0.2, 0.25) is 0 Å². The largest absolute Gasteiger partial charge is 0.451 e. The number of hydrogen-bond acceptors (Lipinski definition) is 4. The van der Waals surface area contributed by atoms with E-state index in [4.69, 9.17) is 4.42 Å². The van der Waals surface area contributed by atoms with Gasteiger partial charge in [-0.3, -0.25) is 9.59 Å². The molecule has 3 aromatic rings. The highest BCUT2D eigenvalue weighted by Crippen LogP contribution is 2.20. The molecule has 6 nitrogen and oxygen atoms in total. The van der Waals surface area contributed by atoms with E-state index in [-0.39, 0.29) is 23.6 Å². The normalized spacial score (nSPS) is 19.1. The van der Waals surface area contributed by atoms with Crippen molar-refractivity contribution >= 4 is 28.5 Å². The van der Waals surface area contributed by atoms with Crippen molar-refractivity contribution in [2.45, 2.75) is 38.3 Å². The molecule has 0 aliphatic carbocycles. The molecule has 2 heterocycles. The fourth-order valence-electron chi connectivity index (χ4n) is 3.68. The van der Waals surface area contributed by atoms with Crippen LogP contribution in [0.25, 0.3) is 11.0 Å². The van der Waals surface area contributed by atoms with Gasteiger partial charge in [-0.05, 0) is 56.1 Å². The highest BCUT2D eigenvalue weighted by Gasteiger charge is 2.22. The average molecular weight is 391 g/mol. The Morgan fingerprint density at radius 2 is 1.93 bits per heavy atom. The summed E-state index contributed by atoms with van der Waals surface area (Å²) in [5.41, 5.74) is 2.24. The number of nitrogens with one attached hydrogen (secondary N) is 3. The third-order valence-corrected chi connectivity index (χ3v) is 5.33. The molecule has 150 valence electrons. The zero-order valence-electron chi connectivity index (χ0n) is 16.4. The Balaban J connectivity index is 1.33. The molecule has 1 aliphatic heterocycles. The first kappa shape index (κ1) is 19.2. The summed E-state index contributed by atoms with van der Waals surface area (Å²) in [7, 11) is 0. The van der Waals surface area contributed by atoms with E-state index in [2.05, 4.69) is 22.9 Å². The first-order valence-electron chi connectivity index (χ1n) is 10.00. The number of furan rings is 1. The summed E-state index contributed by atoms with van der Waals surface area (Å²) in [6, 6.07) is 17.0. The number of carbonyl (C=O) groups is 2. The van der Waals surface area contributed by atoms with Crippen molar-refractivity contribution in [3.05, 3.63) is 65.9 Å². The SMILES string of the molecule is CC1NCCCC1NC(=O)Cc1ccc(NC(=O)c2cc3ccccc3o2)cc1. The van der Waals surface area contributed by atoms with Crippen LogP contribution in [-0.4, -0.2) is 30.4 Å². The van der Waals surface area contributed by atoms with Crippen molar-refractivity contribution in [3.8, 4) is 0 Å². The van der Waals surface area contributed by atoms with E-state index < -0.39 is 0 Å². The summed E-state index contributed by atoms with van der Waals surface area (Å²) in [5, 5.41) is 10.2. The standard InChI is InChI=1S/C23H25N3O3/c1-15-19(6-4-12-24-15)26-22(27)13-16-8-10-18(11-9-16)25-23(28)21-14-17-5-2-3-7-20(17)29-21/h2-3,5,7-11,14-15,19,24H,4,6,12-13H2,1H3,(H,25,28)(H,26,27). The molecule has 2 amide bonds. The van der Waals surface area contributed by atoms with Gasteiger partial charge in [0.2, 0.25) is 5.91 Å². The van der Waals surface area contributed by atoms with Crippen LogP contribution in [0, 0.1) is 0 Å². The minimum atomic E-state index is -0.300. The molecule has 3 N–H and O–H groups in total. The zero-order chi connectivity index (χ0) is 20.2. The van der Waals surface area contributed by atoms with Gasteiger partial charge >= 0.3 is 0 Å². The first-order valence-corrected chi connectivity index (χ1v) is 10.00. The molecule has 2 unspecified atom stereocenters. The van der Waals surface area contributed by atoms with E-state index in [1.54, 1.807) is 18.2 Å². The molecule has 6 heteroatoms. The third-order valence-electron chi connectivity index (χ3n) is 5.33. The summed E-state index contributed by atoms with van der Waals surface area (Å²) >= 11 is 0. The molecular formula is C23H25N3O3. The third kappa shape index (κ3) is 4.66. The Labute approximate surface area is 169 Å². The van der Waals surface area contributed by atoms with Gasteiger partial charge in [-0.1, -0.05) is 30.3 Å². The number of para-hydroxylation sites is 1. The molecule has 0 bridgehead atoms. The smallest absolute Gasteiger partial charge is 0.291 e. The lowest BCUT2D eigenvalue weighted by Gasteiger charge is -2.30. The van der Waals surface area contributed by atoms with Gasteiger partial charge in [0.25, 0.3) is 5.91 Å². The molecule has 2 atom stereocenters. The van der Waals surface area contributed by atoms with Crippen LogP contribution in [0.4, 0.5) is 5.69 Å². The van der Waals surface area contributed by atoms with E-state index in [0.29, 0.717) is 23.7 Å². The Morgan fingerprint density at radius 1 is 1.14 bits per heavy atom. The highest BCUT2D eigenvalue weighted by molar-refractivity contribution is 6.04. The fraction of sp³-hybridized carbons (Fsp3) is 0.304. The van der Waals surface area contributed by atoms with Crippen molar-refractivity contribution in [2.75, 3.05) is 11.9 Å². The fourth-order valence-corrected chi connectivity index (χ4v) is 3.68. The minimum Gasteiger partial charge on any atom is -0.451 e. The van der Waals surface area contributed by atoms with Gasteiger partial charge in [0.1, 0.15) is 5.58 Å². The van der Waals surface area contributed by atoms with Crippen molar-refractivity contribution in [3.63, 3.8) is 0 Å². The van der Waals surface area contributed by atoms with Crippen LogP contribution in [0.1, 0.15) is 35.9 Å². The molecule has 1 fully saturated rings. The molecule has 29 heavy (non-hydrogen) atoms. The van der Waals surface area contributed by atoms with Gasteiger partial charge in [-0.2, -0.15) is 0 Å². The van der Waals surface area contributed by atoms with Gasteiger partial charge in [-0.15, -0.1) is 0 Å². The zero-order valence-corrected chi connectivity index (χ0v) is 16.4. The van der Waals surface area contributed by atoms with Gasteiger partial charge in [0.15, 0.2) is 5.76 Å². The number of hydrogen-bond donors (Lipinski definition) is 3. The quantitative estimate of drug-likeness (QED) is 0.622. The second-order valence-electron chi connectivity index (χ2n) is 7.54. The molecule has 1 saturated heterocycles. The van der Waals surface area contributed by atoms with Gasteiger partial charge in [-0.25, -0.2) is 0 Å². The molecule has 0 radical (unpaired) electrons. The van der Waals surface area contributed by atoms with Crippen LogP contribution in [-0.2, 0) is 11.2 Å². The molecule has 4 rings (SSSR count). The van der Waals surface area contributed by atoms with Crippen LogP contribution < -0.4 is 16.0 Å². The second kappa shape index (κ2) is 8.49. The molecule has 2 aromatic carbocycles. The van der Waals surface area contributed by atoms with Crippen molar-refractivity contribution in [1.29, 1.82) is 0 Å². The summed E-state index contributed by atoms with van der Waals surface area (Å²) in [6.07, 6.45) is 2.41. The number of amides is 2. The topological polar surface area (TPSA) is 83.4 Å². The minimum absolute atomic E-state index is 0.0182. The maximum Gasteiger partial charge on any atom is 0.291 e. The summed E-state index contributed by atoms with van der Waals surface area (Å²) < 4.78 is 5.59. The predicted octanol–water partition coefficient (Wildman–Crippen LogP) is 3.48. The molecule has 1 aliphatic rings. The lowest BCUT2D eigenvalue weighted by Crippen LogP contribution is -2.52. The van der Waals surface area contributed by atoms with Crippen molar-refractivity contribution in [1.82, 2.24) is 10.6 Å². The summed E-state index contributed by atoms with van der Waals surface area (Å²) in [4.78, 5) is 24.8. The molecule has 0 spiro atoms. The Kier molecular flexibility index (Phi) is 5.62.